The van der Waals surface area contributed by atoms with Gasteiger partial charge in [0.25, 0.3) is 5.91 Å². The molecule has 1 aromatic heterocycles. The third-order valence-electron chi connectivity index (χ3n) is 4.43. The van der Waals surface area contributed by atoms with Gasteiger partial charge < -0.3 is 10.1 Å². The van der Waals surface area contributed by atoms with E-state index in [1.165, 1.54) is 24.5 Å². The van der Waals surface area contributed by atoms with E-state index in [4.69, 9.17) is 4.74 Å². The van der Waals surface area contributed by atoms with Gasteiger partial charge in [-0.3, -0.25) is 10.2 Å². The van der Waals surface area contributed by atoms with Crippen LogP contribution in [0.4, 0.5) is 10.5 Å². The molecule has 3 aromatic rings. The number of anilines is 1. The molecule has 0 radical (unpaired) electrons. The predicted octanol–water partition coefficient (Wildman–Crippen LogP) is 4.29. The van der Waals surface area contributed by atoms with Gasteiger partial charge >= 0.3 is 12.0 Å². The van der Waals surface area contributed by atoms with E-state index in [-0.39, 0.29) is 11.3 Å². The lowest BCUT2D eigenvalue weighted by atomic mass is 10.0. The highest BCUT2D eigenvalue weighted by atomic mass is 32.1. The second-order valence-corrected chi connectivity index (χ2v) is 7.60. The molecule has 0 aliphatic heterocycles. The molecule has 8 heteroatoms. The summed E-state index contributed by atoms with van der Waals surface area (Å²) in [7, 11) is 1.26. The number of rotatable bonds is 4. The first kappa shape index (κ1) is 21.1. The number of esters is 1. The molecule has 0 aliphatic rings. The van der Waals surface area contributed by atoms with Gasteiger partial charge in [-0.1, -0.05) is 42.0 Å². The first-order valence-corrected chi connectivity index (χ1v) is 9.98. The molecule has 2 aromatic carbocycles. The Balaban J connectivity index is 1.69. The van der Waals surface area contributed by atoms with Crippen molar-refractivity contribution in [2.24, 2.45) is 0 Å². The van der Waals surface area contributed by atoms with E-state index < -0.39 is 17.9 Å². The fraction of sp³-hybridized carbons (Fsp3) is 0.136. The van der Waals surface area contributed by atoms with Crippen LogP contribution < -0.4 is 16.2 Å². The summed E-state index contributed by atoms with van der Waals surface area (Å²) in [6.45, 7) is 3.94. The van der Waals surface area contributed by atoms with Crippen LogP contribution in [0.3, 0.4) is 0 Å². The average molecular weight is 423 g/mol. The summed E-state index contributed by atoms with van der Waals surface area (Å²) in [5, 5.41) is 4.28. The summed E-state index contributed by atoms with van der Waals surface area (Å²) in [5.74, 6) is -1.02. The summed E-state index contributed by atoms with van der Waals surface area (Å²) in [4.78, 5) is 37.7. The van der Waals surface area contributed by atoms with Gasteiger partial charge in [0, 0.05) is 15.8 Å². The van der Waals surface area contributed by atoms with Gasteiger partial charge in [0.2, 0.25) is 0 Å². The Morgan fingerprint density at radius 2 is 1.60 bits per heavy atom. The van der Waals surface area contributed by atoms with Crippen molar-refractivity contribution in [3.63, 3.8) is 0 Å². The van der Waals surface area contributed by atoms with Gasteiger partial charge in [0.05, 0.1) is 23.9 Å². The molecular weight excluding hydrogens is 402 g/mol. The largest absolute Gasteiger partial charge is 0.465 e. The lowest BCUT2D eigenvalue weighted by Crippen LogP contribution is -2.44. The first-order chi connectivity index (χ1) is 14.4. The highest BCUT2D eigenvalue weighted by Gasteiger charge is 2.18. The number of amides is 3. The summed E-state index contributed by atoms with van der Waals surface area (Å²) in [5.41, 5.74) is 8.55. The number of hydrazine groups is 1. The fourth-order valence-electron chi connectivity index (χ4n) is 2.92. The Morgan fingerprint density at radius 1 is 0.900 bits per heavy atom. The van der Waals surface area contributed by atoms with Gasteiger partial charge in [-0.05, 0) is 31.5 Å². The molecule has 0 saturated heterocycles. The highest BCUT2D eigenvalue weighted by molar-refractivity contribution is 7.10. The number of thiophene rings is 1. The van der Waals surface area contributed by atoms with E-state index in [1.807, 2.05) is 38.1 Å². The van der Waals surface area contributed by atoms with Crippen molar-refractivity contribution in [2.45, 2.75) is 13.8 Å². The summed E-state index contributed by atoms with van der Waals surface area (Å²) in [6.07, 6.45) is 0. The summed E-state index contributed by atoms with van der Waals surface area (Å²) >= 11 is 1.46. The number of urea groups is 1. The third kappa shape index (κ3) is 4.66. The smallest absolute Gasteiger partial charge is 0.339 e. The maximum Gasteiger partial charge on any atom is 0.339 e. The minimum atomic E-state index is -0.691. The Bertz CT molecular complexity index is 1090. The molecule has 0 aliphatic carbocycles. The van der Waals surface area contributed by atoms with Crippen LogP contribution in [-0.4, -0.2) is 25.0 Å². The molecule has 1 heterocycles. The zero-order chi connectivity index (χ0) is 21.7. The first-order valence-electron chi connectivity index (χ1n) is 9.10. The maximum absolute atomic E-state index is 12.7. The quantitative estimate of drug-likeness (QED) is 0.431. The van der Waals surface area contributed by atoms with Crippen molar-refractivity contribution in [2.75, 3.05) is 12.4 Å². The number of hydrogen-bond acceptors (Lipinski definition) is 5. The molecule has 3 amide bonds. The number of nitrogens with one attached hydrogen (secondary N) is 3. The topological polar surface area (TPSA) is 96.5 Å². The van der Waals surface area contributed by atoms with Crippen molar-refractivity contribution in [3.05, 3.63) is 75.5 Å². The van der Waals surface area contributed by atoms with Crippen molar-refractivity contribution in [1.82, 2.24) is 10.9 Å². The van der Waals surface area contributed by atoms with Crippen LogP contribution in [0.1, 0.15) is 31.2 Å². The Morgan fingerprint density at radius 3 is 2.30 bits per heavy atom. The normalized spacial score (nSPS) is 10.2. The molecule has 154 valence electrons. The highest BCUT2D eigenvalue weighted by Crippen LogP contribution is 2.32. The molecule has 3 rings (SSSR count). The molecule has 0 unspecified atom stereocenters. The molecule has 0 bridgehead atoms. The van der Waals surface area contributed by atoms with E-state index in [2.05, 4.69) is 16.2 Å². The number of aryl methyl sites for hydroxylation is 2. The Kier molecular flexibility index (Phi) is 6.48. The zero-order valence-corrected chi connectivity index (χ0v) is 17.6. The maximum atomic E-state index is 12.7. The lowest BCUT2D eigenvalue weighted by Gasteiger charge is -2.12. The number of para-hydroxylation sites is 1. The third-order valence-corrected chi connectivity index (χ3v) is 5.34. The van der Waals surface area contributed by atoms with Crippen LogP contribution in [0.25, 0.3) is 11.1 Å². The van der Waals surface area contributed by atoms with Crippen LogP contribution in [-0.2, 0) is 4.74 Å². The van der Waals surface area contributed by atoms with Gasteiger partial charge in [-0.2, -0.15) is 0 Å². The van der Waals surface area contributed by atoms with Gasteiger partial charge in [0.1, 0.15) is 0 Å². The number of carbonyl (C=O) groups is 3. The molecule has 0 fully saturated rings. The van der Waals surface area contributed by atoms with Crippen LogP contribution >= 0.6 is 11.3 Å². The second-order valence-electron chi connectivity index (χ2n) is 6.52. The van der Waals surface area contributed by atoms with Gasteiger partial charge in [-0.25, -0.2) is 15.0 Å². The number of methoxy groups -OCH3 is 1. The summed E-state index contributed by atoms with van der Waals surface area (Å²) in [6, 6.07) is 13.6. The number of ether oxygens (including phenoxy) is 1. The standard InChI is InChI=1S/C22H21N3O4S/c1-13-8-10-15(11-9-13)19-14(2)30-12-17(19)20(26)24-25-22(28)23-18-7-5-4-6-16(18)21(27)29-3/h4-12H,1-3H3,(H,24,26)(H2,23,25,28). The van der Waals surface area contributed by atoms with Gasteiger partial charge in [0.15, 0.2) is 0 Å². The van der Waals surface area contributed by atoms with Gasteiger partial charge in [-0.15, -0.1) is 11.3 Å². The minimum absolute atomic E-state index is 0.205. The van der Waals surface area contributed by atoms with E-state index in [0.29, 0.717) is 5.56 Å². The molecule has 7 nitrogen and oxygen atoms in total. The molecule has 30 heavy (non-hydrogen) atoms. The zero-order valence-electron chi connectivity index (χ0n) is 16.7. The van der Waals surface area contributed by atoms with Crippen molar-refractivity contribution in [3.8, 4) is 11.1 Å². The number of benzene rings is 2. The molecule has 0 spiro atoms. The second kappa shape index (κ2) is 9.23. The number of carbonyl (C=O) groups excluding carboxylic acids is 3. The van der Waals surface area contributed by atoms with E-state index in [1.54, 1.807) is 23.6 Å². The SMILES string of the molecule is COC(=O)c1ccccc1NC(=O)NNC(=O)c1csc(C)c1-c1ccc(C)cc1. The predicted molar refractivity (Wildman–Crippen MR) is 117 cm³/mol. The van der Waals surface area contributed by atoms with Crippen LogP contribution in [0, 0.1) is 13.8 Å². The van der Waals surface area contributed by atoms with Crippen molar-refractivity contribution >= 4 is 34.9 Å². The Labute approximate surface area is 178 Å². The monoisotopic (exact) mass is 423 g/mol. The molecule has 0 atom stereocenters. The Hall–Kier alpha value is -3.65. The molecule has 0 saturated carbocycles. The molecular formula is C22H21N3O4S. The van der Waals surface area contributed by atoms with Crippen LogP contribution in [0.2, 0.25) is 0 Å². The van der Waals surface area contributed by atoms with E-state index in [9.17, 15) is 14.4 Å². The molecule has 3 N–H and O–H groups in total. The van der Waals surface area contributed by atoms with Crippen LogP contribution in [0.5, 0.6) is 0 Å². The summed E-state index contributed by atoms with van der Waals surface area (Å²) < 4.78 is 4.70. The number of hydrogen-bond donors (Lipinski definition) is 3. The van der Waals surface area contributed by atoms with Crippen LogP contribution in [0.15, 0.2) is 53.9 Å². The van der Waals surface area contributed by atoms with E-state index in [0.717, 1.165) is 21.6 Å². The van der Waals surface area contributed by atoms with Crippen molar-refractivity contribution < 1.29 is 19.1 Å². The average Bonchev–Trinajstić information content (AvgIpc) is 3.14. The lowest BCUT2D eigenvalue weighted by molar-refractivity contribution is 0.0601. The minimum Gasteiger partial charge on any atom is -0.465 e. The van der Waals surface area contributed by atoms with E-state index >= 15 is 0 Å². The van der Waals surface area contributed by atoms with Crippen molar-refractivity contribution in [1.29, 1.82) is 0 Å². The fourth-order valence-corrected chi connectivity index (χ4v) is 3.78.